The van der Waals surface area contributed by atoms with Gasteiger partial charge in [0.1, 0.15) is 23.1 Å². The Morgan fingerprint density at radius 2 is 1.53 bits per heavy atom. The molecule has 2 amide bonds. The summed E-state index contributed by atoms with van der Waals surface area (Å²) < 4.78 is 32.3. The van der Waals surface area contributed by atoms with E-state index in [-0.39, 0.29) is 29.8 Å². The fourth-order valence-electron chi connectivity index (χ4n) is 5.44. The maximum Gasteiger partial charge on any atom is 0.254 e. The molecule has 13 heteroatoms. The van der Waals surface area contributed by atoms with Crippen LogP contribution in [-0.2, 0) is 11.3 Å². The molecule has 0 bridgehead atoms. The first-order chi connectivity index (χ1) is 23.9. The third kappa shape index (κ3) is 7.26. The van der Waals surface area contributed by atoms with E-state index in [1.54, 1.807) is 38.0 Å². The smallest absolute Gasteiger partial charge is 0.254 e. The Hall–Kier alpha value is -5.69. The zero-order valence-corrected chi connectivity index (χ0v) is 27.8. The Morgan fingerprint density at radius 1 is 0.857 bits per heavy atom. The highest BCUT2D eigenvalue weighted by molar-refractivity contribution is 7.99. The highest BCUT2D eigenvalue weighted by Gasteiger charge is 2.33. The van der Waals surface area contributed by atoms with Crippen molar-refractivity contribution in [3.8, 4) is 22.9 Å². The Kier molecular flexibility index (Phi) is 10.2. The van der Waals surface area contributed by atoms with E-state index in [4.69, 9.17) is 19.3 Å². The van der Waals surface area contributed by atoms with Gasteiger partial charge in [-0.3, -0.25) is 14.2 Å². The third-order valence-electron chi connectivity index (χ3n) is 7.97. The predicted octanol–water partition coefficient (Wildman–Crippen LogP) is 5.83. The number of nitrogens with one attached hydrogen (secondary N) is 1. The van der Waals surface area contributed by atoms with E-state index in [1.165, 1.54) is 35.0 Å². The van der Waals surface area contributed by atoms with Crippen molar-refractivity contribution in [2.45, 2.75) is 24.2 Å². The number of ether oxygens (including phenoxy) is 3. The number of carbonyl (C=O) groups is 2. The second kappa shape index (κ2) is 15.0. The lowest BCUT2D eigenvalue weighted by Crippen LogP contribution is -2.28. The Balaban J connectivity index is 1.27. The molecular weight excluding hydrogens is 647 g/mol. The summed E-state index contributed by atoms with van der Waals surface area (Å²) in [7, 11) is 4.76. The molecule has 1 N–H and O–H groups in total. The molecule has 2 heterocycles. The van der Waals surface area contributed by atoms with Crippen molar-refractivity contribution in [1.82, 2.24) is 25.1 Å². The summed E-state index contributed by atoms with van der Waals surface area (Å²) in [6.45, 7) is -0.0616. The molecule has 1 aliphatic heterocycles. The van der Waals surface area contributed by atoms with Gasteiger partial charge in [0.2, 0.25) is 0 Å². The molecule has 1 aromatic heterocycles. The molecule has 6 rings (SSSR count). The van der Waals surface area contributed by atoms with Gasteiger partial charge >= 0.3 is 0 Å². The molecule has 11 nitrogen and oxygen atoms in total. The van der Waals surface area contributed by atoms with Crippen molar-refractivity contribution >= 4 is 29.3 Å². The maximum absolute atomic E-state index is 14.3. The Labute approximate surface area is 286 Å². The predicted molar refractivity (Wildman–Crippen MR) is 183 cm³/mol. The van der Waals surface area contributed by atoms with Crippen molar-refractivity contribution in [3.05, 3.63) is 125 Å². The molecule has 1 atom stereocenters. The molecule has 1 aliphatic rings. The lowest BCUT2D eigenvalue weighted by Gasteiger charge is -2.22. The number of hydrogen-bond acceptors (Lipinski definition) is 9. The quantitative estimate of drug-likeness (QED) is 0.164. The van der Waals surface area contributed by atoms with Crippen molar-refractivity contribution in [3.63, 3.8) is 0 Å². The van der Waals surface area contributed by atoms with Gasteiger partial charge < -0.3 is 19.5 Å². The molecule has 0 spiro atoms. The van der Waals surface area contributed by atoms with E-state index >= 15 is 0 Å². The standard InChI is InChI=1S/C36H33FN6O5S/c1-46-25-16-12-23(13-17-25)29-20-31(24-14-18-26(47-2)19-15-24)43(41-29)34(44)22-49-36-40-39-33(42(36)30-10-6-7-11-32(30)48-3)21-38-35(45)27-8-4-5-9-28(27)37/h4-19,31H,20-22H2,1-3H3,(H,38,45)/t31-/m0/s1. The van der Waals surface area contributed by atoms with E-state index < -0.39 is 11.7 Å². The second-order valence-electron chi connectivity index (χ2n) is 10.9. The zero-order chi connectivity index (χ0) is 34.3. The van der Waals surface area contributed by atoms with Crippen molar-refractivity contribution < 1.29 is 28.2 Å². The van der Waals surface area contributed by atoms with Crippen LogP contribution in [0.2, 0.25) is 0 Å². The number of halogens is 1. The normalized spacial score (nSPS) is 13.9. The number of hydrogen-bond donors (Lipinski definition) is 1. The number of amides is 2. The minimum absolute atomic E-state index is 0.0130. The van der Waals surface area contributed by atoms with E-state index in [0.29, 0.717) is 34.6 Å². The summed E-state index contributed by atoms with van der Waals surface area (Å²) in [5.41, 5.74) is 3.10. The van der Waals surface area contributed by atoms with Gasteiger partial charge in [0, 0.05) is 6.42 Å². The fourth-order valence-corrected chi connectivity index (χ4v) is 6.26. The van der Waals surface area contributed by atoms with Gasteiger partial charge in [0.25, 0.3) is 11.8 Å². The molecule has 0 fully saturated rings. The van der Waals surface area contributed by atoms with Crippen LogP contribution in [0, 0.1) is 5.82 Å². The first-order valence-corrected chi connectivity index (χ1v) is 16.3. The number of thioether (sulfide) groups is 1. The van der Waals surface area contributed by atoms with E-state index in [0.717, 1.165) is 22.6 Å². The number of rotatable bonds is 12. The van der Waals surface area contributed by atoms with Crippen LogP contribution in [0.1, 0.15) is 39.8 Å². The van der Waals surface area contributed by atoms with Crippen LogP contribution in [0.15, 0.2) is 107 Å². The molecule has 0 saturated carbocycles. The average Bonchev–Trinajstić information content (AvgIpc) is 3.78. The molecule has 250 valence electrons. The first-order valence-electron chi connectivity index (χ1n) is 15.3. The van der Waals surface area contributed by atoms with E-state index in [9.17, 15) is 14.0 Å². The van der Waals surface area contributed by atoms with E-state index in [1.807, 2.05) is 66.7 Å². The lowest BCUT2D eigenvalue weighted by molar-refractivity contribution is -0.130. The number of aromatic nitrogens is 3. The van der Waals surface area contributed by atoms with Crippen LogP contribution < -0.4 is 19.5 Å². The second-order valence-corrected chi connectivity index (χ2v) is 11.8. The van der Waals surface area contributed by atoms with Crippen LogP contribution in [0.3, 0.4) is 0 Å². The van der Waals surface area contributed by atoms with Crippen LogP contribution in [0.25, 0.3) is 5.69 Å². The van der Waals surface area contributed by atoms with Gasteiger partial charge in [-0.2, -0.15) is 5.10 Å². The van der Waals surface area contributed by atoms with Gasteiger partial charge in [-0.05, 0) is 71.8 Å². The number of nitrogens with zero attached hydrogens (tertiary/aromatic N) is 5. The van der Waals surface area contributed by atoms with Gasteiger partial charge in [0.15, 0.2) is 11.0 Å². The summed E-state index contributed by atoms with van der Waals surface area (Å²) in [4.78, 5) is 26.8. The Bertz CT molecular complexity index is 1980. The molecule has 0 saturated heterocycles. The molecule has 49 heavy (non-hydrogen) atoms. The number of methoxy groups -OCH3 is 3. The SMILES string of the molecule is COc1ccc(C2=NN(C(=O)CSc3nnc(CNC(=O)c4ccccc4F)n3-c3ccccc3OC)[C@H](c3ccc(OC)cc3)C2)cc1. The largest absolute Gasteiger partial charge is 0.497 e. The van der Waals surface area contributed by atoms with Gasteiger partial charge in [0.05, 0.1) is 56.6 Å². The van der Waals surface area contributed by atoms with Crippen LogP contribution in [0.5, 0.6) is 17.2 Å². The molecular formula is C36H33FN6O5S. The highest BCUT2D eigenvalue weighted by Crippen LogP contribution is 2.35. The lowest BCUT2D eigenvalue weighted by atomic mass is 9.98. The minimum atomic E-state index is -0.631. The van der Waals surface area contributed by atoms with Crippen LogP contribution >= 0.6 is 11.8 Å². The van der Waals surface area contributed by atoms with Crippen LogP contribution in [0.4, 0.5) is 4.39 Å². The number of benzene rings is 4. The summed E-state index contributed by atoms with van der Waals surface area (Å²) in [5, 5.41) is 18.1. The minimum Gasteiger partial charge on any atom is -0.497 e. The third-order valence-corrected chi connectivity index (χ3v) is 8.88. The van der Waals surface area contributed by atoms with Gasteiger partial charge in [-0.1, -0.05) is 48.2 Å². The van der Waals surface area contributed by atoms with E-state index in [2.05, 4.69) is 15.5 Å². The average molecular weight is 681 g/mol. The van der Waals surface area contributed by atoms with Crippen molar-refractivity contribution in [2.75, 3.05) is 27.1 Å². The molecule has 0 radical (unpaired) electrons. The first kappa shape index (κ1) is 33.2. The van der Waals surface area contributed by atoms with Crippen LogP contribution in [-0.4, -0.2) is 64.4 Å². The zero-order valence-electron chi connectivity index (χ0n) is 27.0. The highest BCUT2D eigenvalue weighted by atomic mass is 32.2. The summed E-state index contributed by atoms with van der Waals surface area (Å²) in [5.74, 6) is 0.854. The maximum atomic E-state index is 14.3. The molecule has 5 aromatic rings. The molecule has 4 aromatic carbocycles. The van der Waals surface area contributed by atoms with Gasteiger partial charge in [-0.25, -0.2) is 9.40 Å². The summed E-state index contributed by atoms with van der Waals surface area (Å²) >= 11 is 1.18. The topological polar surface area (TPSA) is 120 Å². The Morgan fingerprint density at radius 3 is 2.22 bits per heavy atom. The molecule has 0 aliphatic carbocycles. The van der Waals surface area contributed by atoms with Gasteiger partial charge in [-0.15, -0.1) is 10.2 Å². The summed E-state index contributed by atoms with van der Waals surface area (Å²) in [6, 6.07) is 27.8. The number of carbonyl (C=O) groups excluding carboxylic acids is 2. The van der Waals surface area contributed by atoms with Crippen molar-refractivity contribution in [2.24, 2.45) is 5.10 Å². The van der Waals surface area contributed by atoms with Crippen molar-refractivity contribution in [1.29, 1.82) is 0 Å². The number of hydrazone groups is 1. The fraction of sp³-hybridized carbons (Fsp3) is 0.194. The molecule has 0 unspecified atom stereocenters. The number of para-hydroxylation sites is 2. The summed E-state index contributed by atoms with van der Waals surface area (Å²) in [6.07, 6.45) is 0.512. The monoisotopic (exact) mass is 680 g/mol.